The number of halogens is 2. The van der Waals surface area contributed by atoms with Crippen molar-refractivity contribution < 1.29 is 13.9 Å². The largest absolute Gasteiger partial charge is 0.396 e. The predicted molar refractivity (Wildman–Crippen MR) is 59.2 cm³/mol. The molecule has 0 amide bonds. The molecule has 0 aliphatic rings. The van der Waals surface area contributed by atoms with Gasteiger partial charge in [0.15, 0.2) is 0 Å². The summed E-state index contributed by atoms with van der Waals surface area (Å²) in [6.45, 7) is 3.98. The predicted octanol–water partition coefficient (Wildman–Crippen LogP) is 2.31. The molecule has 0 spiro atoms. The van der Waals surface area contributed by atoms with Gasteiger partial charge < -0.3 is 10.4 Å². The van der Waals surface area contributed by atoms with Crippen LogP contribution in [-0.4, -0.2) is 18.3 Å². The Morgan fingerprint density at radius 3 is 2.56 bits per heavy atom. The first kappa shape index (κ1) is 13.1. The minimum absolute atomic E-state index is 0.0629. The Hall–Kier alpha value is -1.00. The summed E-state index contributed by atoms with van der Waals surface area (Å²) in [5.74, 6) is -0.851. The second-order valence-electron chi connectivity index (χ2n) is 3.75. The fourth-order valence-corrected chi connectivity index (χ4v) is 1.67. The molecule has 0 fully saturated rings. The first-order chi connectivity index (χ1) is 7.60. The van der Waals surface area contributed by atoms with Crippen LogP contribution in [-0.2, 0) is 0 Å². The van der Waals surface area contributed by atoms with Gasteiger partial charge in [-0.2, -0.15) is 0 Å². The second kappa shape index (κ2) is 5.92. The Kier molecular flexibility index (Phi) is 4.83. The molecule has 0 saturated carbocycles. The molecule has 4 heteroatoms. The molecule has 0 radical (unpaired) electrons. The van der Waals surface area contributed by atoms with Crippen LogP contribution in [0.1, 0.15) is 30.5 Å². The van der Waals surface area contributed by atoms with Crippen LogP contribution < -0.4 is 5.32 Å². The van der Waals surface area contributed by atoms with Gasteiger partial charge in [-0.1, -0.05) is 6.92 Å². The van der Waals surface area contributed by atoms with E-state index in [0.29, 0.717) is 18.5 Å². The van der Waals surface area contributed by atoms with Crippen LogP contribution in [0, 0.1) is 18.6 Å². The molecule has 0 saturated heterocycles. The molecule has 1 rings (SSSR count). The highest BCUT2D eigenvalue weighted by atomic mass is 19.1. The first-order valence-electron chi connectivity index (χ1n) is 5.40. The fraction of sp³-hybridized carbons (Fsp3) is 0.500. The van der Waals surface area contributed by atoms with E-state index in [1.54, 1.807) is 0 Å². The molecule has 1 atom stereocenters. The van der Waals surface area contributed by atoms with Crippen molar-refractivity contribution in [1.29, 1.82) is 0 Å². The Balaban J connectivity index is 3.03. The van der Waals surface area contributed by atoms with E-state index >= 15 is 0 Å². The van der Waals surface area contributed by atoms with E-state index < -0.39 is 11.6 Å². The number of aryl methyl sites for hydroxylation is 1. The van der Waals surface area contributed by atoms with Crippen LogP contribution >= 0.6 is 0 Å². The van der Waals surface area contributed by atoms with Crippen LogP contribution in [0.4, 0.5) is 8.78 Å². The maximum absolute atomic E-state index is 13.6. The number of hydrogen-bond donors (Lipinski definition) is 2. The van der Waals surface area contributed by atoms with Crippen LogP contribution in [0.25, 0.3) is 0 Å². The summed E-state index contributed by atoms with van der Waals surface area (Å²) >= 11 is 0. The van der Waals surface area contributed by atoms with Gasteiger partial charge >= 0.3 is 0 Å². The summed E-state index contributed by atoms with van der Waals surface area (Å²) < 4.78 is 27.0. The third-order valence-corrected chi connectivity index (χ3v) is 2.52. The molecule has 0 aliphatic heterocycles. The first-order valence-corrected chi connectivity index (χ1v) is 5.40. The van der Waals surface area contributed by atoms with Crippen LogP contribution in [0.15, 0.2) is 12.1 Å². The molecule has 1 aromatic carbocycles. The summed E-state index contributed by atoms with van der Waals surface area (Å²) in [5.41, 5.74) is 0.569. The number of aliphatic hydroxyl groups excluding tert-OH is 1. The summed E-state index contributed by atoms with van der Waals surface area (Å²) in [4.78, 5) is 0. The van der Waals surface area contributed by atoms with Crippen LogP contribution in [0.5, 0.6) is 0 Å². The normalized spacial score (nSPS) is 12.8. The highest BCUT2D eigenvalue weighted by Crippen LogP contribution is 2.22. The molecule has 0 heterocycles. The third-order valence-electron chi connectivity index (χ3n) is 2.52. The van der Waals surface area contributed by atoms with Crippen molar-refractivity contribution in [3.05, 3.63) is 34.9 Å². The van der Waals surface area contributed by atoms with Gasteiger partial charge in [0.05, 0.1) is 0 Å². The number of rotatable bonds is 5. The Morgan fingerprint density at radius 2 is 2.00 bits per heavy atom. The van der Waals surface area contributed by atoms with Gasteiger partial charge in [-0.25, -0.2) is 8.78 Å². The topological polar surface area (TPSA) is 32.3 Å². The maximum Gasteiger partial charge on any atom is 0.128 e. The van der Waals surface area contributed by atoms with Crippen molar-refractivity contribution in [3.63, 3.8) is 0 Å². The van der Waals surface area contributed by atoms with Crippen molar-refractivity contribution in [1.82, 2.24) is 5.32 Å². The van der Waals surface area contributed by atoms with Gasteiger partial charge in [0, 0.05) is 18.2 Å². The van der Waals surface area contributed by atoms with E-state index in [1.165, 1.54) is 19.1 Å². The molecule has 0 aromatic heterocycles. The van der Waals surface area contributed by atoms with E-state index in [2.05, 4.69) is 5.32 Å². The fourth-order valence-electron chi connectivity index (χ4n) is 1.67. The van der Waals surface area contributed by atoms with E-state index in [1.807, 2.05) is 6.92 Å². The summed E-state index contributed by atoms with van der Waals surface area (Å²) in [5, 5.41) is 11.9. The van der Waals surface area contributed by atoms with E-state index in [4.69, 9.17) is 5.11 Å². The van der Waals surface area contributed by atoms with Gasteiger partial charge in [-0.05, 0) is 37.6 Å². The number of aliphatic hydroxyl groups is 1. The van der Waals surface area contributed by atoms with Crippen molar-refractivity contribution in [3.8, 4) is 0 Å². The van der Waals surface area contributed by atoms with E-state index in [0.717, 1.165) is 0 Å². The number of benzene rings is 1. The minimum atomic E-state index is -0.432. The smallest absolute Gasteiger partial charge is 0.128 e. The zero-order valence-electron chi connectivity index (χ0n) is 9.56. The molecule has 90 valence electrons. The number of hydrogen-bond acceptors (Lipinski definition) is 2. The van der Waals surface area contributed by atoms with Crippen LogP contribution in [0.3, 0.4) is 0 Å². The Bertz CT molecular complexity index is 349. The molecular formula is C12H17F2NO. The zero-order chi connectivity index (χ0) is 12.1. The molecule has 1 aromatic rings. The highest BCUT2D eigenvalue weighted by Gasteiger charge is 2.16. The monoisotopic (exact) mass is 229 g/mol. The summed E-state index contributed by atoms with van der Waals surface area (Å²) in [6.07, 6.45) is 0.368. The lowest BCUT2D eigenvalue weighted by molar-refractivity contribution is 0.264. The number of nitrogens with one attached hydrogen (secondary N) is 1. The standard InChI is InChI=1S/C12H17F2NO/c1-3-15-12(4-5-16)9-7-10(13)8(2)6-11(9)14/h6-7,12,15-16H,3-5H2,1-2H3. The van der Waals surface area contributed by atoms with Gasteiger partial charge in [-0.15, -0.1) is 0 Å². The average Bonchev–Trinajstić information content (AvgIpc) is 2.23. The highest BCUT2D eigenvalue weighted by molar-refractivity contribution is 5.27. The molecule has 0 bridgehead atoms. The Morgan fingerprint density at radius 1 is 1.31 bits per heavy atom. The van der Waals surface area contributed by atoms with Crippen molar-refractivity contribution in [2.45, 2.75) is 26.3 Å². The maximum atomic E-state index is 13.6. The summed E-state index contributed by atoms with van der Waals surface area (Å²) in [6, 6.07) is 2.05. The minimum Gasteiger partial charge on any atom is -0.396 e. The molecule has 0 aliphatic carbocycles. The van der Waals surface area contributed by atoms with Gasteiger partial charge in [0.25, 0.3) is 0 Å². The Labute approximate surface area is 94.3 Å². The van der Waals surface area contributed by atoms with Gasteiger partial charge in [-0.3, -0.25) is 0 Å². The van der Waals surface area contributed by atoms with E-state index in [9.17, 15) is 8.78 Å². The zero-order valence-corrected chi connectivity index (χ0v) is 9.56. The van der Waals surface area contributed by atoms with E-state index in [-0.39, 0.29) is 18.2 Å². The van der Waals surface area contributed by atoms with Gasteiger partial charge in [0.1, 0.15) is 11.6 Å². The summed E-state index contributed by atoms with van der Waals surface area (Å²) in [7, 11) is 0. The second-order valence-corrected chi connectivity index (χ2v) is 3.75. The quantitative estimate of drug-likeness (QED) is 0.812. The molecule has 2 nitrogen and oxygen atoms in total. The van der Waals surface area contributed by atoms with Crippen LogP contribution in [0.2, 0.25) is 0 Å². The van der Waals surface area contributed by atoms with Crippen molar-refractivity contribution >= 4 is 0 Å². The molecular weight excluding hydrogens is 212 g/mol. The average molecular weight is 229 g/mol. The molecule has 16 heavy (non-hydrogen) atoms. The lowest BCUT2D eigenvalue weighted by Gasteiger charge is -2.18. The SMILES string of the molecule is CCNC(CCO)c1cc(F)c(C)cc1F. The molecule has 2 N–H and O–H groups in total. The van der Waals surface area contributed by atoms with Gasteiger partial charge in [0.2, 0.25) is 0 Å². The van der Waals surface area contributed by atoms with Crippen molar-refractivity contribution in [2.75, 3.05) is 13.2 Å². The molecule has 1 unspecified atom stereocenters. The lowest BCUT2D eigenvalue weighted by Crippen LogP contribution is -2.23. The third kappa shape index (κ3) is 3.00. The van der Waals surface area contributed by atoms with Crippen molar-refractivity contribution in [2.24, 2.45) is 0 Å². The lowest BCUT2D eigenvalue weighted by atomic mass is 10.0.